The minimum absolute atomic E-state index is 0. The summed E-state index contributed by atoms with van der Waals surface area (Å²) in [6.45, 7) is 0. The van der Waals surface area contributed by atoms with Crippen LogP contribution in [0.1, 0.15) is 0 Å². The maximum Gasteiger partial charge on any atom is 0.127 e. The first-order chi connectivity index (χ1) is 13.7. The molecule has 0 aromatic heterocycles. The third kappa shape index (κ3) is 3.67. The summed E-state index contributed by atoms with van der Waals surface area (Å²) in [6.07, 6.45) is 0. The third-order valence-corrected chi connectivity index (χ3v) is 5.42. The fourth-order valence-corrected chi connectivity index (χ4v) is 4.09. The third-order valence-electron chi connectivity index (χ3n) is 5.42. The van der Waals surface area contributed by atoms with Crippen molar-refractivity contribution in [2.75, 3.05) is 0 Å². The summed E-state index contributed by atoms with van der Waals surface area (Å²) >= 11 is 0. The number of hydrogen-bond donors (Lipinski definition) is 2. The van der Waals surface area contributed by atoms with Crippen LogP contribution in [0.25, 0.3) is 43.8 Å². The largest absolute Gasteiger partial charge is 1.00 e. The number of hydrogen-bond acceptors (Lipinski definition) is 0. The summed E-state index contributed by atoms with van der Waals surface area (Å²) in [5.74, 6) is 0. The molecule has 0 amide bonds. The summed E-state index contributed by atoms with van der Waals surface area (Å²) in [7, 11) is 0. The molecule has 0 heterocycles. The molecule has 6 N–H and O–H groups in total. The summed E-state index contributed by atoms with van der Waals surface area (Å²) in [6, 6.07) is 34.4. The highest BCUT2D eigenvalue weighted by Gasteiger charge is 2.16. The van der Waals surface area contributed by atoms with Crippen LogP contribution in [0.15, 0.2) is 97.1 Å². The summed E-state index contributed by atoms with van der Waals surface area (Å²) in [5.41, 5.74) is 15.1. The Morgan fingerprint density at radius 3 is 0.900 bits per heavy atom. The van der Waals surface area contributed by atoms with Gasteiger partial charge in [0.25, 0.3) is 0 Å². The Morgan fingerprint density at radius 2 is 0.633 bits per heavy atom. The predicted octanol–water partition coefficient (Wildman–Crippen LogP) is -0.918. The van der Waals surface area contributed by atoms with E-state index in [9.17, 15) is 0 Å². The van der Waals surface area contributed by atoms with Gasteiger partial charge >= 0.3 is 0 Å². The molecule has 2 nitrogen and oxygen atoms in total. The average Bonchev–Trinajstić information content (AvgIpc) is 2.74. The molecule has 0 spiro atoms. The molecule has 5 aromatic rings. The molecular weight excluding hydrogens is 411 g/mol. The molecule has 4 heteroatoms. The minimum Gasteiger partial charge on any atom is -1.00 e. The summed E-state index contributed by atoms with van der Waals surface area (Å²) in [5, 5.41) is 5.08. The Labute approximate surface area is 188 Å². The van der Waals surface area contributed by atoms with Gasteiger partial charge in [0, 0.05) is 0 Å². The smallest absolute Gasteiger partial charge is 0.127 e. The first kappa shape index (κ1) is 21.8. The Kier molecular flexibility index (Phi) is 6.45. The van der Waals surface area contributed by atoms with Crippen molar-refractivity contribution >= 4 is 32.9 Å². The molecule has 0 unspecified atom stereocenters. The van der Waals surface area contributed by atoms with Crippen molar-refractivity contribution in [3.63, 3.8) is 0 Å². The molecule has 150 valence electrons. The fourth-order valence-electron chi connectivity index (χ4n) is 4.09. The first-order valence-corrected chi connectivity index (χ1v) is 9.50. The van der Waals surface area contributed by atoms with E-state index in [1.807, 2.05) is 0 Å². The molecule has 5 rings (SSSR count). The number of rotatable bonds is 2. The van der Waals surface area contributed by atoms with Crippen LogP contribution < -0.4 is 36.3 Å². The van der Waals surface area contributed by atoms with Crippen LogP contribution in [0.4, 0.5) is 11.4 Å². The molecule has 5 aromatic carbocycles. The van der Waals surface area contributed by atoms with Gasteiger partial charge < -0.3 is 36.3 Å². The van der Waals surface area contributed by atoms with Crippen LogP contribution >= 0.6 is 0 Å². The van der Waals surface area contributed by atoms with Crippen molar-refractivity contribution < 1.29 is 36.3 Å². The number of halogens is 2. The SMILES string of the molecule is [Cl-].[Cl-].[NH3+]c1ccc(-c2c3ccccc3c(-c3ccc([NH3+])cc3)c3ccccc23)cc1. The van der Waals surface area contributed by atoms with E-state index in [-0.39, 0.29) is 24.8 Å². The lowest BCUT2D eigenvalue weighted by Crippen LogP contribution is -3.00. The Balaban J connectivity index is 0.00000128. The van der Waals surface area contributed by atoms with E-state index in [0.717, 1.165) is 11.4 Å². The van der Waals surface area contributed by atoms with Gasteiger partial charge in [0.2, 0.25) is 0 Å². The van der Waals surface area contributed by atoms with E-state index in [1.54, 1.807) is 0 Å². The molecule has 0 saturated heterocycles. The van der Waals surface area contributed by atoms with Gasteiger partial charge in [-0.15, -0.1) is 0 Å². The van der Waals surface area contributed by atoms with Gasteiger partial charge in [-0.05, 0) is 92.3 Å². The second kappa shape index (κ2) is 8.86. The van der Waals surface area contributed by atoms with Gasteiger partial charge in [-0.25, -0.2) is 0 Å². The first-order valence-electron chi connectivity index (χ1n) is 9.50. The lowest BCUT2D eigenvalue weighted by Gasteiger charge is -2.17. The van der Waals surface area contributed by atoms with E-state index < -0.39 is 0 Å². The van der Waals surface area contributed by atoms with Crippen LogP contribution in [0.3, 0.4) is 0 Å². The topological polar surface area (TPSA) is 55.3 Å². The standard InChI is InChI=1S/C26H20N2.2ClH/c27-19-13-9-17(10-14-19)25-21-5-1-2-6-22(21)26(18-11-15-20(28)16-12-18)24-8-4-3-7-23(24)25;;/h1-16H,27-28H2;2*1H. The van der Waals surface area contributed by atoms with Gasteiger partial charge in [-0.1, -0.05) is 48.5 Å². The molecular formula is C26H22Cl2N2. The fraction of sp³-hybridized carbons (Fsp3) is 0. The lowest BCUT2D eigenvalue weighted by molar-refractivity contribution is -0.255. The van der Waals surface area contributed by atoms with Crippen LogP contribution in [-0.2, 0) is 0 Å². The van der Waals surface area contributed by atoms with Gasteiger partial charge in [0.05, 0.1) is 0 Å². The Morgan fingerprint density at radius 1 is 0.367 bits per heavy atom. The average molecular weight is 433 g/mol. The molecule has 30 heavy (non-hydrogen) atoms. The van der Waals surface area contributed by atoms with Crippen LogP contribution in [0.5, 0.6) is 0 Å². The van der Waals surface area contributed by atoms with Gasteiger partial charge in [-0.2, -0.15) is 0 Å². The summed E-state index contributed by atoms with van der Waals surface area (Å²) < 4.78 is 0. The Hall–Kier alpha value is -2.88. The second-order valence-corrected chi connectivity index (χ2v) is 7.24. The number of benzene rings is 5. The van der Waals surface area contributed by atoms with Crippen molar-refractivity contribution in [3.8, 4) is 22.3 Å². The highest BCUT2D eigenvalue weighted by atomic mass is 35.5. The quantitative estimate of drug-likeness (QED) is 0.339. The van der Waals surface area contributed by atoms with E-state index in [4.69, 9.17) is 0 Å². The molecule has 0 radical (unpaired) electrons. The maximum absolute atomic E-state index is 4.04. The number of fused-ring (bicyclic) bond motifs is 2. The molecule has 0 aliphatic heterocycles. The lowest BCUT2D eigenvalue weighted by atomic mass is 9.86. The molecule has 0 fully saturated rings. The molecule has 0 aliphatic rings. The van der Waals surface area contributed by atoms with Crippen LogP contribution in [0, 0.1) is 0 Å². The van der Waals surface area contributed by atoms with E-state index in [1.165, 1.54) is 43.8 Å². The zero-order valence-electron chi connectivity index (χ0n) is 16.4. The van der Waals surface area contributed by atoms with E-state index >= 15 is 0 Å². The normalized spacial score (nSPS) is 10.5. The summed E-state index contributed by atoms with van der Waals surface area (Å²) in [4.78, 5) is 0. The molecule has 0 bridgehead atoms. The van der Waals surface area contributed by atoms with Crippen molar-refractivity contribution in [1.29, 1.82) is 0 Å². The van der Waals surface area contributed by atoms with Gasteiger partial charge in [-0.3, -0.25) is 0 Å². The number of quaternary nitrogens is 2. The maximum atomic E-state index is 4.04. The van der Waals surface area contributed by atoms with Crippen LogP contribution in [0.2, 0.25) is 0 Å². The highest BCUT2D eigenvalue weighted by molar-refractivity contribution is 6.21. The van der Waals surface area contributed by atoms with Crippen molar-refractivity contribution in [3.05, 3.63) is 97.1 Å². The Bertz CT molecular complexity index is 1150. The van der Waals surface area contributed by atoms with E-state index in [2.05, 4.69) is 109 Å². The zero-order valence-corrected chi connectivity index (χ0v) is 17.9. The van der Waals surface area contributed by atoms with Gasteiger partial charge in [0.1, 0.15) is 11.4 Å². The van der Waals surface area contributed by atoms with Gasteiger partial charge in [0.15, 0.2) is 0 Å². The van der Waals surface area contributed by atoms with E-state index in [0.29, 0.717) is 0 Å². The molecule has 0 atom stereocenters. The second-order valence-electron chi connectivity index (χ2n) is 7.24. The predicted molar refractivity (Wildman–Crippen MR) is 117 cm³/mol. The molecule has 0 aliphatic carbocycles. The molecule has 0 saturated carbocycles. The monoisotopic (exact) mass is 432 g/mol. The van der Waals surface area contributed by atoms with Crippen molar-refractivity contribution in [2.45, 2.75) is 0 Å². The highest BCUT2D eigenvalue weighted by Crippen LogP contribution is 2.43. The van der Waals surface area contributed by atoms with Crippen molar-refractivity contribution in [2.24, 2.45) is 0 Å². The zero-order chi connectivity index (χ0) is 19.1. The van der Waals surface area contributed by atoms with Crippen molar-refractivity contribution in [1.82, 2.24) is 0 Å². The minimum atomic E-state index is 0. The van der Waals surface area contributed by atoms with Crippen LogP contribution in [-0.4, -0.2) is 0 Å².